The lowest BCUT2D eigenvalue weighted by Crippen LogP contribution is -2.41. The minimum absolute atomic E-state index is 0.0883. The van der Waals surface area contributed by atoms with E-state index < -0.39 is 0 Å². The van der Waals surface area contributed by atoms with Crippen LogP contribution in [-0.2, 0) is 9.53 Å². The molecular formula is C21H24N2O4S. The summed E-state index contributed by atoms with van der Waals surface area (Å²) < 4.78 is 10.5. The van der Waals surface area contributed by atoms with E-state index in [1.807, 2.05) is 37.3 Å². The van der Waals surface area contributed by atoms with Crippen LogP contribution in [0.25, 0.3) is 0 Å². The highest BCUT2D eigenvalue weighted by molar-refractivity contribution is 8.00. The number of para-hydroxylation sites is 1. The van der Waals surface area contributed by atoms with Gasteiger partial charge < -0.3 is 19.7 Å². The Kier molecular flexibility index (Phi) is 6.95. The summed E-state index contributed by atoms with van der Waals surface area (Å²) in [6, 6.07) is 14.7. The maximum absolute atomic E-state index is 12.8. The Morgan fingerprint density at radius 1 is 1.11 bits per heavy atom. The standard InChI is InChI=1S/C21H24N2O4S/c1-15(28-17-9-7-16(26-2)8-10-17)20(24)22-19-6-4-3-5-18(19)21(25)23-11-13-27-14-12-23/h3-10,15H,11-14H2,1-2H3,(H,22,24)/t15-/m0/s1. The summed E-state index contributed by atoms with van der Waals surface area (Å²) in [6.45, 7) is 4.04. The molecule has 1 heterocycles. The van der Waals surface area contributed by atoms with Crippen molar-refractivity contribution in [1.29, 1.82) is 0 Å². The van der Waals surface area contributed by atoms with Gasteiger partial charge in [0.05, 0.1) is 36.8 Å². The first kappa shape index (κ1) is 20.2. The Bertz CT molecular complexity index is 819. The predicted octanol–water partition coefficient (Wildman–Crippen LogP) is 3.29. The van der Waals surface area contributed by atoms with Crippen LogP contribution in [0.5, 0.6) is 5.75 Å². The number of methoxy groups -OCH3 is 1. The lowest BCUT2D eigenvalue weighted by molar-refractivity contribution is -0.115. The van der Waals surface area contributed by atoms with Crippen molar-refractivity contribution >= 4 is 29.3 Å². The number of morpholine rings is 1. The lowest BCUT2D eigenvalue weighted by atomic mass is 10.1. The second-order valence-corrected chi connectivity index (χ2v) is 7.79. The minimum Gasteiger partial charge on any atom is -0.497 e. The Hall–Kier alpha value is -2.51. The van der Waals surface area contributed by atoms with Gasteiger partial charge in [0.15, 0.2) is 0 Å². The molecule has 2 aromatic rings. The van der Waals surface area contributed by atoms with Crippen molar-refractivity contribution in [2.75, 3.05) is 38.7 Å². The maximum atomic E-state index is 12.8. The van der Waals surface area contributed by atoms with Gasteiger partial charge in [-0.15, -0.1) is 11.8 Å². The largest absolute Gasteiger partial charge is 0.497 e. The number of hydrogen-bond acceptors (Lipinski definition) is 5. The smallest absolute Gasteiger partial charge is 0.256 e. The topological polar surface area (TPSA) is 67.9 Å². The number of amides is 2. The molecule has 1 aliphatic heterocycles. The van der Waals surface area contributed by atoms with Crippen molar-refractivity contribution in [3.05, 3.63) is 54.1 Å². The summed E-state index contributed by atoms with van der Waals surface area (Å²) in [5.74, 6) is 0.537. The van der Waals surface area contributed by atoms with Crippen molar-refractivity contribution in [2.45, 2.75) is 17.1 Å². The van der Waals surface area contributed by atoms with E-state index in [-0.39, 0.29) is 17.1 Å². The molecule has 0 bridgehead atoms. The summed E-state index contributed by atoms with van der Waals surface area (Å²) in [5.41, 5.74) is 1.03. The fourth-order valence-corrected chi connectivity index (χ4v) is 3.73. The molecule has 0 aliphatic carbocycles. The number of nitrogens with zero attached hydrogens (tertiary/aromatic N) is 1. The molecule has 0 radical (unpaired) electrons. The van der Waals surface area contributed by atoms with Crippen molar-refractivity contribution in [3.63, 3.8) is 0 Å². The molecule has 1 fully saturated rings. The van der Waals surface area contributed by atoms with Crippen LogP contribution in [-0.4, -0.2) is 55.4 Å². The molecule has 1 N–H and O–H groups in total. The third-order valence-electron chi connectivity index (χ3n) is 4.46. The predicted molar refractivity (Wildman–Crippen MR) is 110 cm³/mol. The van der Waals surface area contributed by atoms with Crippen molar-refractivity contribution < 1.29 is 19.1 Å². The van der Waals surface area contributed by atoms with Gasteiger partial charge in [-0.3, -0.25) is 9.59 Å². The molecular weight excluding hydrogens is 376 g/mol. The van der Waals surface area contributed by atoms with Gasteiger partial charge in [-0.05, 0) is 43.3 Å². The van der Waals surface area contributed by atoms with Gasteiger partial charge in [-0.2, -0.15) is 0 Å². The Morgan fingerprint density at radius 2 is 1.79 bits per heavy atom. The number of ether oxygens (including phenoxy) is 2. The zero-order chi connectivity index (χ0) is 19.9. The van der Waals surface area contributed by atoms with E-state index in [1.54, 1.807) is 30.2 Å². The highest BCUT2D eigenvalue weighted by Crippen LogP contribution is 2.27. The fourth-order valence-electron chi connectivity index (χ4n) is 2.86. The van der Waals surface area contributed by atoms with Crippen molar-refractivity contribution in [2.24, 2.45) is 0 Å². The molecule has 2 aromatic carbocycles. The van der Waals surface area contributed by atoms with Crippen LogP contribution in [0.4, 0.5) is 5.69 Å². The van der Waals surface area contributed by atoms with Gasteiger partial charge in [0.25, 0.3) is 5.91 Å². The quantitative estimate of drug-likeness (QED) is 0.754. The average molecular weight is 401 g/mol. The number of rotatable bonds is 6. The average Bonchev–Trinajstić information content (AvgIpc) is 2.74. The molecule has 0 unspecified atom stereocenters. The van der Waals surface area contributed by atoms with E-state index >= 15 is 0 Å². The Labute approximate surface area is 169 Å². The number of hydrogen-bond donors (Lipinski definition) is 1. The molecule has 0 aromatic heterocycles. The number of carbonyl (C=O) groups is 2. The number of benzene rings is 2. The molecule has 0 spiro atoms. The summed E-state index contributed by atoms with van der Waals surface area (Å²) >= 11 is 1.45. The minimum atomic E-state index is -0.320. The molecule has 2 amide bonds. The summed E-state index contributed by atoms with van der Waals surface area (Å²) in [6.07, 6.45) is 0. The molecule has 1 saturated heterocycles. The van der Waals surface area contributed by atoms with Crippen molar-refractivity contribution in [3.8, 4) is 5.75 Å². The zero-order valence-corrected chi connectivity index (χ0v) is 16.8. The Balaban J connectivity index is 1.66. The van der Waals surface area contributed by atoms with E-state index in [4.69, 9.17) is 9.47 Å². The molecule has 0 saturated carbocycles. The number of carbonyl (C=O) groups excluding carboxylic acids is 2. The molecule has 3 rings (SSSR count). The van der Waals surface area contributed by atoms with E-state index in [0.717, 1.165) is 10.6 Å². The summed E-state index contributed by atoms with van der Waals surface area (Å²) in [5, 5.41) is 2.59. The SMILES string of the molecule is COc1ccc(S[C@@H](C)C(=O)Nc2ccccc2C(=O)N2CCOCC2)cc1. The van der Waals surface area contributed by atoms with Gasteiger partial charge in [0.1, 0.15) is 5.75 Å². The highest BCUT2D eigenvalue weighted by Gasteiger charge is 2.23. The van der Waals surface area contributed by atoms with E-state index in [9.17, 15) is 9.59 Å². The highest BCUT2D eigenvalue weighted by atomic mass is 32.2. The van der Waals surface area contributed by atoms with Gasteiger partial charge in [0.2, 0.25) is 5.91 Å². The number of nitrogens with one attached hydrogen (secondary N) is 1. The molecule has 148 valence electrons. The Morgan fingerprint density at radius 3 is 2.46 bits per heavy atom. The first-order chi connectivity index (χ1) is 13.6. The molecule has 1 aliphatic rings. The van der Waals surface area contributed by atoms with Gasteiger partial charge in [-0.25, -0.2) is 0 Å². The second kappa shape index (κ2) is 9.61. The van der Waals surface area contributed by atoms with Crippen LogP contribution >= 0.6 is 11.8 Å². The third-order valence-corrected chi connectivity index (χ3v) is 5.57. The molecule has 28 heavy (non-hydrogen) atoms. The van der Waals surface area contributed by atoms with Crippen LogP contribution in [0.3, 0.4) is 0 Å². The zero-order valence-electron chi connectivity index (χ0n) is 16.0. The molecule has 7 heteroatoms. The third kappa shape index (κ3) is 5.05. The van der Waals surface area contributed by atoms with Crippen LogP contribution in [0.15, 0.2) is 53.4 Å². The van der Waals surface area contributed by atoms with Crippen molar-refractivity contribution in [1.82, 2.24) is 4.90 Å². The van der Waals surface area contributed by atoms with Crippen LogP contribution in [0, 0.1) is 0 Å². The first-order valence-corrected chi connectivity index (χ1v) is 10.0. The molecule has 1 atom stereocenters. The van der Waals surface area contributed by atoms with Crippen LogP contribution in [0.2, 0.25) is 0 Å². The summed E-state index contributed by atoms with van der Waals surface area (Å²) in [7, 11) is 1.62. The summed E-state index contributed by atoms with van der Waals surface area (Å²) in [4.78, 5) is 28.2. The van der Waals surface area contributed by atoms with E-state index in [0.29, 0.717) is 37.6 Å². The monoisotopic (exact) mass is 400 g/mol. The fraction of sp³-hybridized carbons (Fsp3) is 0.333. The van der Waals surface area contributed by atoms with Gasteiger partial charge in [-0.1, -0.05) is 12.1 Å². The van der Waals surface area contributed by atoms with Crippen LogP contribution in [0.1, 0.15) is 17.3 Å². The number of anilines is 1. The first-order valence-electron chi connectivity index (χ1n) is 9.16. The van der Waals surface area contributed by atoms with Gasteiger partial charge in [0, 0.05) is 18.0 Å². The second-order valence-electron chi connectivity index (χ2n) is 6.38. The van der Waals surface area contributed by atoms with E-state index in [1.165, 1.54) is 11.8 Å². The number of thioether (sulfide) groups is 1. The normalized spacial score (nSPS) is 15.0. The van der Waals surface area contributed by atoms with Gasteiger partial charge >= 0.3 is 0 Å². The maximum Gasteiger partial charge on any atom is 0.256 e. The van der Waals surface area contributed by atoms with Crippen LogP contribution < -0.4 is 10.1 Å². The lowest BCUT2D eigenvalue weighted by Gasteiger charge is -2.27. The van der Waals surface area contributed by atoms with E-state index in [2.05, 4.69) is 5.32 Å². The molecule has 6 nitrogen and oxygen atoms in total.